The molecule has 6 nitrogen and oxygen atoms in total. The van der Waals surface area contributed by atoms with E-state index >= 15 is 0 Å². The highest BCUT2D eigenvalue weighted by molar-refractivity contribution is 7.98. The van der Waals surface area contributed by atoms with Crippen molar-refractivity contribution in [2.75, 3.05) is 4.90 Å². The molecule has 0 bridgehead atoms. The van der Waals surface area contributed by atoms with Crippen molar-refractivity contribution in [3.63, 3.8) is 0 Å². The first-order chi connectivity index (χ1) is 15.5. The van der Waals surface area contributed by atoms with Crippen LogP contribution >= 0.6 is 34.4 Å². The molecule has 4 rings (SSSR count). The van der Waals surface area contributed by atoms with Gasteiger partial charge in [-0.15, -0.1) is 29.3 Å². The number of aryl methyl sites for hydroxylation is 1. The van der Waals surface area contributed by atoms with E-state index in [2.05, 4.69) is 18.5 Å². The van der Waals surface area contributed by atoms with Crippen molar-refractivity contribution in [1.29, 1.82) is 0 Å². The molecular weight excluding hydrogens is 460 g/mol. The number of benzene rings is 1. The Hall–Kier alpha value is -2.75. The number of carbonyl (C=O) groups is 1. The van der Waals surface area contributed by atoms with Gasteiger partial charge in [-0.05, 0) is 29.5 Å². The van der Waals surface area contributed by atoms with Gasteiger partial charge in [-0.25, -0.2) is 9.97 Å². The molecule has 4 aromatic rings. The lowest BCUT2D eigenvalue weighted by atomic mass is 10.1. The van der Waals surface area contributed by atoms with Gasteiger partial charge >= 0.3 is 0 Å². The number of carbonyl (C=O) groups excluding carboxylic acids is 1. The largest absolute Gasteiger partial charge is 0.283 e. The highest BCUT2D eigenvalue weighted by Gasteiger charge is 2.20. The molecule has 9 heteroatoms. The summed E-state index contributed by atoms with van der Waals surface area (Å²) in [5.74, 6) is 0.460. The van der Waals surface area contributed by atoms with Gasteiger partial charge < -0.3 is 0 Å². The highest BCUT2D eigenvalue weighted by Crippen LogP contribution is 2.33. The number of nitrogens with zero attached hydrogens (tertiary/aromatic N) is 4. The molecule has 1 amide bonds. The number of amides is 1. The van der Waals surface area contributed by atoms with Crippen LogP contribution in [0.4, 0.5) is 10.8 Å². The molecule has 3 heterocycles. The Morgan fingerprint density at radius 2 is 2.06 bits per heavy atom. The molecule has 0 atom stereocenters. The minimum absolute atomic E-state index is 0.0588. The van der Waals surface area contributed by atoms with Crippen LogP contribution in [0.1, 0.15) is 25.1 Å². The van der Waals surface area contributed by atoms with E-state index in [1.165, 1.54) is 34.4 Å². The lowest BCUT2D eigenvalue weighted by molar-refractivity contribution is -0.115. The maximum absolute atomic E-state index is 12.8. The fourth-order valence-electron chi connectivity index (χ4n) is 3.37. The first-order valence-electron chi connectivity index (χ1n) is 10.1. The first kappa shape index (κ1) is 22.4. The van der Waals surface area contributed by atoms with Crippen molar-refractivity contribution >= 4 is 61.4 Å². The van der Waals surface area contributed by atoms with E-state index in [4.69, 9.17) is 4.98 Å². The average Bonchev–Trinajstić information content (AvgIpc) is 3.44. The zero-order valence-electron chi connectivity index (χ0n) is 17.8. The van der Waals surface area contributed by atoms with Gasteiger partial charge in [0.05, 0.1) is 16.8 Å². The van der Waals surface area contributed by atoms with Gasteiger partial charge in [0, 0.05) is 24.6 Å². The second-order valence-electron chi connectivity index (χ2n) is 6.99. The summed E-state index contributed by atoms with van der Waals surface area (Å²) in [6.07, 6.45) is 2.52. The van der Waals surface area contributed by atoms with Crippen molar-refractivity contribution in [2.45, 2.75) is 37.7 Å². The van der Waals surface area contributed by atoms with Crippen LogP contribution in [0.5, 0.6) is 0 Å². The molecule has 164 valence electrons. The number of para-hydroxylation sites is 1. The summed E-state index contributed by atoms with van der Waals surface area (Å²) in [5, 5.41) is 5.73. The second kappa shape index (κ2) is 9.81. The molecule has 3 aromatic heterocycles. The summed E-state index contributed by atoms with van der Waals surface area (Å²) in [4.78, 5) is 37.1. The monoisotopic (exact) mass is 482 g/mol. The van der Waals surface area contributed by atoms with E-state index in [0.717, 1.165) is 28.2 Å². The predicted molar refractivity (Wildman–Crippen MR) is 134 cm³/mol. The van der Waals surface area contributed by atoms with Crippen molar-refractivity contribution in [1.82, 2.24) is 14.5 Å². The van der Waals surface area contributed by atoms with Gasteiger partial charge in [-0.3, -0.25) is 19.1 Å². The SMILES string of the molecule is C=CCn1c(SCc2csc(N(C(C)=O)c3ccccc3CC)n2)nc2sccc2c1=O. The molecule has 0 aliphatic rings. The Bertz CT molecular complexity index is 1340. The number of rotatable bonds is 8. The van der Waals surface area contributed by atoms with Gasteiger partial charge in [0.15, 0.2) is 10.3 Å². The summed E-state index contributed by atoms with van der Waals surface area (Å²) >= 11 is 4.35. The summed E-state index contributed by atoms with van der Waals surface area (Å²) in [7, 11) is 0. The van der Waals surface area contributed by atoms with E-state index in [0.29, 0.717) is 28.0 Å². The molecule has 0 saturated heterocycles. The molecule has 0 spiro atoms. The third-order valence-corrected chi connectivity index (χ3v) is 7.56. The maximum Gasteiger partial charge on any atom is 0.263 e. The molecule has 1 aromatic carbocycles. The minimum atomic E-state index is -0.0795. The fourth-order valence-corrected chi connectivity index (χ4v) is 6.06. The summed E-state index contributed by atoms with van der Waals surface area (Å²) in [5.41, 5.74) is 2.73. The van der Waals surface area contributed by atoms with Crippen LogP contribution in [-0.2, 0) is 23.5 Å². The molecule has 0 saturated carbocycles. The van der Waals surface area contributed by atoms with Gasteiger partial charge in [0.1, 0.15) is 4.83 Å². The third kappa shape index (κ3) is 4.41. The van der Waals surface area contributed by atoms with E-state index < -0.39 is 0 Å². The number of fused-ring (bicyclic) bond motifs is 1. The van der Waals surface area contributed by atoms with Gasteiger partial charge in [0.25, 0.3) is 5.56 Å². The Labute approximate surface area is 198 Å². The normalized spacial score (nSPS) is 11.1. The van der Waals surface area contributed by atoms with Crippen LogP contribution in [0.25, 0.3) is 10.2 Å². The van der Waals surface area contributed by atoms with Crippen molar-refractivity contribution < 1.29 is 4.79 Å². The maximum atomic E-state index is 12.8. The van der Waals surface area contributed by atoms with Crippen LogP contribution < -0.4 is 10.5 Å². The molecule has 0 fully saturated rings. The van der Waals surface area contributed by atoms with Crippen LogP contribution in [0.15, 0.2) is 63.7 Å². The van der Waals surface area contributed by atoms with E-state index in [1.807, 2.05) is 35.0 Å². The van der Waals surface area contributed by atoms with Gasteiger partial charge in [-0.1, -0.05) is 43.0 Å². The molecular formula is C23H22N4O2S3. The lowest BCUT2D eigenvalue weighted by Gasteiger charge is -2.21. The topological polar surface area (TPSA) is 68.1 Å². The second-order valence-corrected chi connectivity index (χ2v) is 9.66. The lowest BCUT2D eigenvalue weighted by Crippen LogP contribution is -2.23. The van der Waals surface area contributed by atoms with Crippen molar-refractivity contribution in [3.8, 4) is 0 Å². The van der Waals surface area contributed by atoms with Crippen molar-refractivity contribution in [2.24, 2.45) is 0 Å². The number of anilines is 2. The quantitative estimate of drug-likeness (QED) is 0.185. The van der Waals surface area contributed by atoms with Crippen LogP contribution in [0.3, 0.4) is 0 Å². The molecule has 0 aliphatic carbocycles. The molecule has 0 aliphatic heterocycles. The summed E-state index contributed by atoms with van der Waals surface area (Å²) < 4.78 is 1.64. The predicted octanol–water partition coefficient (Wildman–Crippen LogP) is 5.64. The number of hydrogen-bond acceptors (Lipinski definition) is 7. The number of allylic oxidation sites excluding steroid dienone is 1. The van der Waals surface area contributed by atoms with Gasteiger partial charge in [0.2, 0.25) is 5.91 Å². The molecule has 32 heavy (non-hydrogen) atoms. The van der Waals surface area contributed by atoms with Crippen LogP contribution in [-0.4, -0.2) is 20.4 Å². The number of thiazole rings is 1. The minimum Gasteiger partial charge on any atom is -0.283 e. The Kier molecular flexibility index (Phi) is 6.88. The summed E-state index contributed by atoms with van der Waals surface area (Å²) in [6, 6.07) is 9.69. The highest BCUT2D eigenvalue weighted by atomic mass is 32.2. The molecule has 0 unspecified atom stereocenters. The smallest absolute Gasteiger partial charge is 0.263 e. The zero-order chi connectivity index (χ0) is 22.7. The number of hydrogen-bond donors (Lipinski definition) is 0. The Balaban J connectivity index is 1.61. The third-order valence-electron chi connectivity index (χ3n) is 4.87. The Morgan fingerprint density at radius 1 is 1.25 bits per heavy atom. The fraction of sp³-hybridized carbons (Fsp3) is 0.217. The number of thioether (sulfide) groups is 1. The first-order valence-corrected chi connectivity index (χ1v) is 12.8. The molecule has 0 N–H and O–H groups in total. The van der Waals surface area contributed by atoms with Crippen LogP contribution in [0.2, 0.25) is 0 Å². The van der Waals surface area contributed by atoms with Gasteiger partial charge in [-0.2, -0.15) is 0 Å². The standard InChI is InChI=1S/C23H22N4O2S3/c1-4-11-26-21(29)18-10-12-30-20(18)25-22(26)31-13-17-14-32-23(24-17)27(15(3)28)19-9-7-6-8-16(19)5-2/h4,6-10,12,14H,1,5,11,13H2,2-3H3. The number of aromatic nitrogens is 3. The van der Waals surface area contributed by atoms with E-state index in [9.17, 15) is 9.59 Å². The van der Waals surface area contributed by atoms with E-state index in [-0.39, 0.29) is 11.5 Å². The van der Waals surface area contributed by atoms with E-state index in [1.54, 1.807) is 28.5 Å². The van der Waals surface area contributed by atoms with Crippen LogP contribution in [0, 0.1) is 0 Å². The average molecular weight is 483 g/mol. The molecule has 0 radical (unpaired) electrons. The Morgan fingerprint density at radius 3 is 2.81 bits per heavy atom. The summed E-state index contributed by atoms with van der Waals surface area (Å²) in [6.45, 7) is 7.78. The zero-order valence-corrected chi connectivity index (χ0v) is 20.2. The number of thiophene rings is 1. The van der Waals surface area contributed by atoms with Crippen molar-refractivity contribution in [3.05, 3.63) is 75.4 Å².